The summed E-state index contributed by atoms with van der Waals surface area (Å²) in [4.78, 5) is 3.08. The minimum atomic E-state index is -3.29. The van der Waals surface area contributed by atoms with Crippen molar-refractivity contribution in [2.24, 2.45) is 54.4 Å². The molecular formula is C62H80Cl6N2Si2Zr2. The maximum atomic E-state index is 5.04. The molecule has 12 unspecified atom stereocenters. The van der Waals surface area contributed by atoms with Crippen LogP contribution in [-0.2, 0) is 43.4 Å². The molecule has 12 atom stereocenters. The van der Waals surface area contributed by atoms with Gasteiger partial charge in [-0.05, 0) is 137 Å². The average Bonchev–Trinajstić information content (AvgIpc) is 4.22. The van der Waals surface area contributed by atoms with Gasteiger partial charge in [0, 0.05) is 52.4 Å². The summed E-state index contributed by atoms with van der Waals surface area (Å²) in [6, 6.07) is 38.3. The Morgan fingerprint density at radius 3 is 1.42 bits per heavy atom. The van der Waals surface area contributed by atoms with Crippen LogP contribution in [0.3, 0.4) is 0 Å². The first-order chi connectivity index (χ1) is 35.6. The molecule has 2 heterocycles. The molecule has 2 nitrogen and oxygen atoms in total. The van der Waals surface area contributed by atoms with Crippen LogP contribution in [0, 0.1) is 47.3 Å². The third-order valence-corrected chi connectivity index (χ3v) is 31.3. The summed E-state index contributed by atoms with van der Waals surface area (Å²) in [5.74, 6) is 8.96. The first-order valence-corrected chi connectivity index (χ1v) is 54.2. The molecule has 0 N–H and O–H groups in total. The van der Waals surface area contributed by atoms with E-state index in [1.165, 1.54) is 80.3 Å². The van der Waals surface area contributed by atoms with Crippen molar-refractivity contribution in [2.75, 3.05) is 7.05 Å². The van der Waals surface area contributed by atoms with Crippen LogP contribution >= 0.6 is 51.1 Å². The predicted octanol–water partition coefficient (Wildman–Crippen LogP) is 20.4. The molecule has 1 aromatic heterocycles. The summed E-state index contributed by atoms with van der Waals surface area (Å²) < 4.78 is 2.50. The molecule has 6 saturated carbocycles. The van der Waals surface area contributed by atoms with Gasteiger partial charge in [0.15, 0.2) is 0 Å². The van der Waals surface area contributed by atoms with Crippen LogP contribution in [0.15, 0.2) is 97.1 Å². The van der Waals surface area contributed by atoms with E-state index in [-0.39, 0.29) is 0 Å². The van der Waals surface area contributed by atoms with E-state index < -0.39 is 52.5 Å². The minimum absolute atomic E-state index is 0.449. The number of para-hydroxylation sites is 1. The maximum absolute atomic E-state index is 5.04. The molecule has 7 fully saturated rings. The van der Waals surface area contributed by atoms with Crippen LogP contribution in [0.1, 0.15) is 136 Å². The fourth-order valence-corrected chi connectivity index (χ4v) is 31.1. The molecular weight excluding hydrogens is 1220 g/mol. The summed E-state index contributed by atoms with van der Waals surface area (Å²) in [5.41, 5.74) is 16.5. The second kappa shape index (κ2) is 22.9. The topological polar surface area (TPSA) is 8.17 Å². The molecule has 396 valence electrons. The van der Waals surface area contributed by atoms with E-state index in [0.717, 1.165) is 65.0 Å². The number of aryl methyl sites for hydroxylation is 1. The van der Waals surface area contributed by atoms with Crippen molar-refractivity contribution in [3.63, 3.8) is 0 Å². The van der Waals surface area contributed by atoms with Crippen molar-refractivity contribution in [2.45, 2.75) is 163 Å². The number of benzene rings is 4. The Labute approximate surface area is 484 Å². The van der Waals surface area contributed by atoms with E-state index in [1.54, 1.807) is 83.5 Å². The Morgan fingerprint density at radius 2 is 0.878 bits per heavy atom. The first-order valence-electron chi connectivity index (χ1n) is 28.9. The van der Waals surface area contributed by atoms with Gasteiger partial charge in [0.25, 0.3) is 0 Å². The predicted molar refractivity (Wildman–Crippen MR) is 319 cm³/mol. The van der Waals surface area contributed by atoms with Gasteiger partial charge >= 0.3 is 87.4 Å². The van der Waals surface area contributed by atoms with Gasteiger partial charge in [-0.25, -0.2) is 0 Å². The molecule has 0 amide bonds. The van der Waals surface area contributed by atoms with Gasteiger partial charge in [0.2, 0.25) is 0 Å². The van der Waals surface area contributed by atoms with Crippen molar-refractivity contribution < 1.29 is 36.3 Å². The van der Waals surface area contributed by atoms with E-state index in [9.17, 15) is 0 Å². The van der Waals surface area contributed by atoms with Gasteiger partial charge in [-0.3, -0.25) is 4.90 Å². The number of nitrogens with zero attached hydrogens (tertiary/aromatic N) is 2. The SMILES string of the molecule is CN1C2CCCCC2C2C3CCCCC3C([Si](C)(C)C3C4CCCCC4C4CCCCC43)C21.Cn1c2c(c3ccccc31)-c1ccccc1C2[Si](C)(C)C1c2ccccc2-c2ccccc21.[Cl][Zr]([Cl])([Cl])[Cl].[Cl][Zr][Cl]. The fraction of sp³-hybridized carbons (Fsp3) is 0.581. The molecule has 1 saturated heterocycles. The van der Waals surface area contributed by atoms with Crippen LogP contribution < -0.4 is 0 Å². The normalized spacial score (nSPS) is 32.6. The molecule has 0 bridgehead atoms. The van der Waals surface area contributed by atoms with Crippen molar-refractivity contribution in [1.82, 2.24) is 9.47 Å². The zero-order valence-electron chi connectivity index (χ0n) is 44.8. The number of halogens is 6. The van der Waals surface area contributed by atoms with Crippen molar-refractivity contribution >= 4 is 78.1 Å². The second-order valence-corrected chi connectivity index (χ2v) is 61.6. The van der Waals surface area contributed by atoms with Gasteiger partial charge in [0.1, 0.15) is 0 Å². The van der Waals surface area contributed by atoms with Crippen LogP contribution in [0.2, 0.25) is 37.3 Å². The number of likely N-dealkylation sites (tertiary alicyclic amines) is 1. The van der Waals surface area contributed by atoms with Crippen molar-refractivity contribution in [1.29, 1.82) is 0 Å². The van der Waals surface area contributed by atoms with E-state index in [4.69, 9.17) is 51.1 Å². The number of hydrogen-bond acceptors (Lipinski definition) is 1. The second-order valence-electron chi connectivity index (χ2n) is 25.7. The molecule has 1 aliphatic heterocycles. The Hall–Kier alpha value is 0.320. The molecule has 74 heavy (non-hydrogen) atoms. The number of aromatic nitrogens is 1. The van der Waals surface area contributed by atoms with Crippen molar-refractivity contribution in [3.05, 3.63) is 119 Å². The number of hydrogen-bond donors (Lipinski definition) is 0. The van der Waals surface area contributed by atoms with E-state index in [1.807, 2.05) is 0 Å². The zero-order chi connectivity index (χ0) is 51.8. The van der Waals surface area contributed by atoms with Crippen molar-refractivity contribution in [3.8, 4) is 22.3 Å². The van der Waals surface area contributed by atoms with Gasteiger partial charge in [0.05, 0.1) is 16.1 Å². The van der Waals surface area contributed by atoms with Crippen LogP contribution in [0.25, 0.3) is 33.2 Å². The molecule has 9 aliphatic rings. The van der Waals surface area contributed by atoms with E-state index >= 15 is 0 Å². The van der Waals surface area contributed by atoms with E-state index in [2.05, 4.69) is 147 Å². The van der Waals surface area contributed by atoms with Gasteiger partial charge < -0.3 is 4.57 Å². The van der Waals surface area contributed by atoms with Crippen LogP contribution in [-0.4, -0.2) is 44.7 Å². The quantitative estimate of drug-likeness (QED) is 0.163. The molecule has 4 aromatic carbocycles. The van der Waals surface area contributed by atoms with Gasteiger partial charge in [-0.15, -0.1) is 0 Å². The molecule has 14 rings (SSSR count). The van der Waals surface area contributed by atoms with Gasteiger partial charge in [-0.1, -0.05) is 188 Å². The summed E-state index contributed by atoms with van der Waals surface area (Å²) in [7, 11) is 31.6. The van der Waals surface area contributed by atoms with Crippen LogP contribution in [0.5, 0.6) is 0 Å². The monoisotopic (exact) mass is 1300 g/mol. The summed E-state index contributed by atoms with van der Waals surface area (Å²) in [6.07, 6.45) is 25.2. The Bertz CT molecular complexity index is 2720. The molecule has 0 spiro atoms. The Balaban J connectivity index is 0.000000139. The fourth-order valence-electron chi connectivity index (χ4n) is 20.3. The average molecular weight is 1300 g/mol. The number of fused-ring (bicyclic) bond motifs is 16. The van der Waals surface area contributed by atoms with Gasteiger partial charge in [-0.2, -0.15) is 0 Å². The Morgan fingerprint density at radius 1 is 0.473 bits per heavy atom. The zero-order valence-corrected chi connectivity index (χ0v) is 56.2. The third kappa shape index (κ3) is 9.95. The number of rotatable bonds is 4. The third-order valence-electron chi connectivity index (χ3n) is 22.1. The first kappa shape index (κ1) is 56.2. The summed E-state index contributed by atoms with van der Waals surface area (Å²) >= 11 is -4.12. The molecule has 0 radical (unpaired) electrons. The molecule has 8 aliphatic carbocycles. The summed E-state index contributed by atoms with van der Waals surface area (Å²) in [6.45, 7) is 11.2. The standard InChI is InChI=1S/C31H53NSi.C31H27NSi.6ClH.2Zr/c2*1-32-27-19-11-10-18-26(27)28-22-14-6-9-17-25(22)31(29(28)32)33(2,3)30-23-15-7-4-12-20(23)21-13-5-8-16-24(21)30;;;;;;;;/h20-31H,4-19H2,1-3H3;4-19,30-31H,1-3H3;6*1H;;/q;;;;;;;;+2;+4/p-6. The Kier molecular flexibility index (Phi) is 17.4. The summed E-state index contributed by atoms with van der Waals surface area (Å²) in [5, 5.41) is 1.39. The van der Waals surface area contributed by atoms with E-state index in [0.29, 0.717) is 11.1 Å². The van der Waals surface area contributed by atoms with Crippen LogP contribution in [0.4, 0.5) is 0 Å². The molecule has 12 heteroatoms. The molecule has 5 aromatic rings.